The van der Waals surface area contributed by atoms with Crippen LogP contribution < -0.4 is 0 Å². The van der Waals surface area contributed by atoms with Crippen molar-refractivity contribution in [2.45, 2.75) is 0 Å². The summed E-state index contributed by atoms with van der Waals surface area (Å²) in [5, 5.41) is 0. The van der Waals surface area contributed by atoms with Gasteiger partial charge < -0.3 is 0 Å². The van der Waals surface area contributed by atoms with E-state index in [2.05, 4.69) is 0 Å². The summed E-state index contributed by atoms with van der Waals surface area (Å²) in [6.45, 7) is 0. The van der Waals surface area contributed by atoms with Crippen molar-refractivity contribution in [2.75, 3.05) is 0 Å². The van der Waals surface area contributed by atoms with Crippen molar-refractivity contribution in [2.24, 2.45) is 0 Å². The summed E-state index contributed by atoms with van der Waals surface area (Å²) in [5.74, 6) is 0. The molecule has 28 valence electrons. The summed E-state index contributed by atoms with van der Waals surface area (Å²) in [5.41, 5.74) is 0. The van der Waals surface area contributed by atoms with Gasteiger partial charge in [0.2, 0.25) is 0 Å². The van der Waals surface area contributed by atoms with Gasteiger partial charge in [-0.3, -0.25) is 0 Å². The molecule has 0 aliphatic heterocycles. The minimum Gasteiger partial charge on any atom is 0 e. The second kappa shape index (κ2) is 22.9. The van der Waals surface area contributed by atoms with Gasteiger partial charge in [-0.15, -0.1) is 0 Å². The Kier molecular flexibility index (Phi) is 259. The first-order valence-corrected chi connectivity index (χ1v) is 0. The fourth-order valence-corrected chi connectivity index (χ4v) is 0. The van der Waals surface area contributed by atoms with Crippen LogP contribution >= 0.6 is 0 Å². The first kappa shape index (κ1) is 45.2. The number of hydrogen-bond donors (Lipinski definition) is 0. The molecule has 0 unspecified atom stereocenters. The van der Waals surface area contributed by atoms with E-state index in [9.17, 15) is 0 Å². The van der Waals surface area contributed by atoms with Crippen molar-refractivity contribution >= 4 is 25.8 Å². The number of rotatable bonds is 0. The first-order valence-electron chi connectivity index (χ1n) is 0. The van der Waals surface area contributed by atoms with Gasteiger partial charge >= 0.3 is 0 Å². The maximum atomic E-state index is 0. The summed E-state index contributed by atoms with van der Waals surface area (Å²) in [4.78, 5) is 0. The summed E-state index contributed by atoms with van der Waals surface area (Å²) in [6, 6.07) is 0. The van der Waals surface area contributed by atoms with E-state index >= 15 is 0 Å². The minimum atomic E-state index is 0. The molecule has 0 N–H and O–H groups in total. The molecule has 0 atom stereocenters. The molecule has 0 saturated carbocycles. The normalized spacial score (nSPS) is 0. The molecule has 0 fully saturated rings. The fraction of sp³-hybridized carbons (Fsp3) is 0. The molecule has 0 spiro atoms. The third-order valence-electron chi connectivity index (χ3n) is 0. The van der Waals surface area contributed by atoms with Crippen LogP contribution in [0.4, 0.5) is 0 Å². The van der Waals surface area contributed by atoms with Crippen LogP contribution in [0.15, 0.2) is 0 Å². The van der Waals surface area contributed by atoms with Gasteiger partial charge in [-0.25, -0.2) is 0 Å². The Morgan fingerprint density at radius 3 is 1.00 bits per heavy atom. The molecule has 0 saturated heterocycles. The van der Waals surface area contributed by atoms with Crippen molar-refractivity contribution in [3.8, 4) is 0 Å². The van der Waals surface area contributed by atoms with Crippen molar-refractivity contribution < 1.29 is 34.1 Å². The Morgan fingerprint density at radius 2 is 1.00 bits per heavy atom. The molecule has 4 radical (unpaired) electrons. The molecule has 4 heavy (non-hydrogen) atoms. The van der Waals surface area contributed by atoms with E-state index in [1.807, 2.05) is 0 Å². The zero-order valence-corrected chi connectivity index (χ0v) is 3.28. The average molecular weight is 160 g/mol. The SMILES string of the molecule is [AlH3].[B].[Cu].[Fe]. The summed E-state index contributed by atoms with van der Waals surface area (Å²) >= 11 is 0. The second-order valence-corrected chi connectivity index (χ2v) is 0. The minimum absolute atomic E-state index is 0. The van der Waals surface area contributed by atoms with Crippen LogP contribution in [0, 0.1) is 0 Å². The van der Waals surface area contributed by atoms with Crippen molar-refractivity contribution in [1.29, 1.82) is 0 Å². The van der Waals surface area contributed by atoms with Crippen LogP contribution in [0.2, 0.25) is 0 Å². The summed E-state index contributed by atoms with van der Waals surface area (Å²) in [7, 11) is 0. The smallest absolute Gasteiger partial charge is 0 e. The predicted molar refractivity (Wildman–Crippen MR) is 15.7 cm³/mol. The molecule has 0 aliphatic rings. The molecule has 0 nitrogen and oxygen atoms in total. The molecule has 0 rings (SSSR count). The van der Waals surface area contributed by atoms with Crippen LogP contribution in [-0.2, 0) is 34.1 Å². The molecular formula is H3AlBCuFe. The standard InChI is InChI=1S/Al.B.Cu.Fe.3H. The Morgan fingerprint density at radius 1 is 1.00 bits per heavy atom. The maximum Gasteiger partial charge on any atom is 0.187 e. The quantitative estimate of drug-likeness (QED) is 0.376. The largest absolute Gasteiger partial charge is 0.187 e. The average Bonchev–Trinajstić information content (AvgIpc) is 0. The zero-order valence-electron chi connectivity index (χ0n) is 1.23. The van der Waals surface area contributed by atoms with E-state index in [0.29, 0.717) is 0 Å². The second-order valence-electron chi connectivity index (χ2n) is 0. The molecule has 0 bridgehead atoms. The Bertz CT molecular complexity index is 8.00. The topological polar surface area (TPSA) is 0 Å². The van der Waals surface area contributed by atoms with Gasteiger partial charge in [0.25, 0.3) is 0 Å². The van der Waals surface area contributed by atoms with Crippen LogP contribution in [0.25, 0.3) is 0 Å². The van der Waals surface area contributed by atoms with Crippen LogP contribution in [0.5, 0.6) is 0 Å². The van der Waals surface area contributed by atoms with Crippen LogP contribution in [-0.4, -0.2) is 25.8 Å². The molecule has 0 amide bonds. The van der Waals surface area contributed by atoms with Gasteiger partial charge in [0.1, 0.15) is 0 Å². The molecule has 0 aromatic rings. The van der Waals surface area contributed by atoms with Crippen molar-refractivity contribution in [1.82, 2.24) is 0 Å². The fourth-order valence-electron chi connectivity index (χ4n) is 0. The molecule has 4 heteroatoms. The van der Waals surface area contributed by atoms with E-state index < -0.39 is 0 Å². The van der Waals surface area contributed by atoms with Gasteiger partial charge in [0.05, 0.1) is 0 Å². The van der Waals surface area contributed by atoms with E-state index in [0.717, 1.165) is 0 Å². The van der Waals surface area contributed by atoms with Crippen molar-refractivity contribution in [3.63, 3.8) is 0 Å². The molecule has 0 aromatic carbocycles. The summed E-state index contributed by atoms with van der Waals surface area (Å²) in [6.07, 6.45) is 0. The summed E-state index contributed by atoms with van der Waals surface area (Å²) < 4.78 is 0. The maximum absolute atomic E-state index is 0. The number of hydrogen-bond acceptors (Lipinski definition) is 0. The molecule has 0 aliphatic carbocycles. The Hall–Kier alpha value is 1.64. The monoisotopic (exact) mass is 160 g/mol. The van der Waals surface area contributed by atoms with E-state index in [-0.39, 0.29) is 59.9 Å². The van der Waals surface area contributed by atoms with Gasteiger partial charge in [0, 0.05) is 42.6 Å². The van der Waals surface area contributed by atoms with E-state index in [1.165, 1.54) is 0 Å². The van der Waals surface area contributed by atoms with Crippen LogP contribution in [0.3, 0.4) is 0 Å². The third-order valence-corrected chi connectivity index (χ3v) is 0. The first-order chi connectivity index (χ1) is 0. The molecule has 0 aromatic heterocycles. The van der Waals surface area contributed by atoms with E-state index in [1.54, 1.807) is 0 Å². The Labute approximate surface area is 59.8 Å². The zero-order chi connectivity index (χ0) is 0. The van der Waals surface area contributed by atoms with Gasteiger partial charge in [-0.2, -0.15) is 0 Å². The van der Waals surface area contributed by atoms with Gasteiger partial charge in [-0.1, -0.05) is 0 Å². The molecule has 0 heterocycles. The third kappa shape index (κ3) is 9.44. The van der Waals surface area contributed by atoms with Crippen LogP contribution in [0.1, 0.15) is 0 Å². The van der Waals surface area contributed by atoms with E-state index in [4.69, 9.17) is 0 Å². The van der Waals surface area contributed by atoms with Gasteiger partial charge in [-0.05, 0) is 0 Å². The Balaban J connectivity index is 0. The van der Waals surface area contributed by atoms with Gasteiger partial charge in [0.15, 0.2) is 17.4 Å². The predicted octanol–water partition coefficient (Wildman–Crippen LogP) is -1.57. The molecular weight excluding hydrogens is 157 g/mol. The van der Waals surface area contributed by atoms with Crippen molar-refractivity contribution in [3.05, 3.63) is 0 Å².